The van der Waals surface area contributed by atoms with Crippen molar-refractivity contribution in [3.63, 3.8) is 0 Å². The molecule has 0 aliphatic carbocycles. The number of amides is 2. The predicted molar refractivity (Wildman–Crippen MR) is 101 cm³/mol. The molecule has 4 nitrogen and oxygen atoms in total. The monoisotopic (exact) mass is 422 g/mol. The van der Waals surface area contributed by atoms with Gasteiger partial charge in [0.25, 0.3) is 5.91 Å². The zero-order valence-corrected chi connectivity index (χ0v) is 15.1. The number of hydrogen-bond donors (Lipinski definition) is 2. The van der Waals surface area contributed by atoms with E-state index in [0.29, 0.717) is 24.9 Å². The van der Waals surface area contributed by atoms with Gasteiger partial charge in [-0.3, -0.25) is 9.59 Å². The Hall–Kier alpha value is -1.89. The fourth-order valence-corrected chi connectivity index (χ4v) is 2.55. The molecule has 0 saturated heterocycles. The van der Waals surface area contributed by atoms with Gasteiger partial charge in [0.15, 0.2) is 0 Å². The van der Waals surface area contributed by atoms with E-state index in [9.17, 15) is 9.59 Å². The molecular weight excluding hydrogens is 403 g/mol. The van der Waals surface area contributed by atoms with E-state index in [1.54, 1.807) is 12.1 Å². The number of halogens is 1. The molecular formula is C18H19IN2O2. The first-order chi connectivity index (χ1) is 11.1. The van der Waals surface area contributed by atoms with E-state index in [-0.39, 0.29) is 11.8 Å². The van der Waals surface area contributed by atoms with Crippen LogP contribution in [0.3, 0.4) is 0 Å². The SMILES string of the molecule is Cc1ccc(NC(=O)CCCNC(=O)c2ccccc2)cc1I. The number of rotatable bonds is 6. The van der Waals surface area contributed by atoms with E-state index >= 15 is 0 Å². The lowest BCUT2D eigenvalue weighted by atomic mass is 10.2. The molecule has 2 N–H and O–H groups in total. The van der Waals surface area contributed by atoms with Crippen LogP contribution in [0.25, 0.3) is 0 Å². The maximum atomic E-state index is 11.9. The molecule has 2 amide bonds. The molecule has 2 aromatic rings. The van der Waals surface area contributed by atoms with Crippen LogP contribution in [0.2, 0.25) is 0 Å². The van der Waals surface area contributed by atoms with Gasteiger partial charge in [0.05, 0.1) is 0 Å². The fourth-order valence-electron chi connectivity index (χ4n) is 2.04. The van der Waals surface area contributed by atoms with Crippen molar-refractivity contribution in [1.82, 2.24) is 5.32 Å². The molecule has 2 rings (SSSR count). The van der Waals surface area contributed by atoms with Gasteiger partial charge < -0.3 is 10.6 Å². The van der Waals surface area contributed by atoms with Crippen molar-refractivity contribution in [2.45, 2.75) is 19.8 Å². The zero-order valence-electron chi connectivity index (χ0n) is 12.9. The number of benzene rings is 2. The average molecular weight is 422 g/mol. The molecule has 2 aromatic carbocycles. The van der Waals surface area contributed by atoms with Crippen molar-refractivity contribution in [1.29, 1.82) is 0 Å². The number of carbonyl (C=O) groups is 2. The fraction of sp³-hybridized carbons (Fsp3) is 0.222. The molecule has 120 valence electrons. The van der Waals surface area contributed by atoms with Crippen molar-refractivity contribution in [2.24, 2.45) is 0 Å². The molecule has 0 aliphatic heterocycles. The molecule has 0 atom stereocenters. The van der Waals surface area contributed by atoms with Crippen LogP contribution < -0.4 is 10.6 Å². The second kappa shape index (κ2) is 8.67. The van der Waals surface area contributed by atoms with E-state index < -0.39 is 0 Å². The van der Waals surface area contributed by atoms with Crippen LogP contribution in [0.5, 0.6) is 0 Å². The summed E-state index contributed by atoms with van der Waals surface area (Å²) in [6.07, 6.45) is 0.979. The van der Waals surface area contributed by atoms with Crippen molar-refractivity contribution in [3.05, 3.63) is 63.2 Å². The standard InChI is InChI=1S/C18H19IN2O2/c1-13-9-10-15(12-16(13)19)21-17(22)8-5-11-20-18(23)14-6-3-2-4-7-14/h2-4,6-7,9-10,12H,5,8,11H2,1H3,(H,20,23)(H,21,22). The number of nitrogens with one attached hydrogen (secondary N) is 2. The van der Waals surface area contributed by atoms with E-state index in [4.69, 9.17) is 0 Å². The second-order valence-electron chi connectivity index (χ2n) is 5.24. The Morgan fingerprint density at radius 1 is 1.09 bits per heavy atom. The first-order valence-electron chi connectivity index (χ1n) is 7.45. The maximum absolute atomic E-state index is 11.9. The first kappa shape index (κ1) is 17.5. The highest BCUT2D eigenvalue weighted by molar-refractivity contribution is 14.1. The van der Waals surface area contributed by atoms with Gasteiger partial charge in [-0.05, 0) is 65.8 Å². The molecule has 23 heavy (non-hydrogen) atoms. The number of carbonyl (C=O) groups excluding carboxylic acids is 2. The Labute approximate surface area is 149 Å². The van der Waals surface area contributed by atoms with Crippen molar-refractivity contribution < 1.29 is 9.59 Å². The Bertz CT molecular complexity index is 687. The molecule has 0 radical (unpaired) electrons. The highest BCUT2D eigenvalue weighted by atomic mass is 127. The van der Waals surface area contributed by atoms with Gasteiger partial charge in [0.1, 0.15) is 0 Å². The third kappa shape index (κ3) is 5.67. The van der Waals surface area contributed by atoms with Crippen LogP contribution in [0.4, 0.5) is 5.69 Å². The van der Waals surface area contributed by atoms with Gasteiger partial charge in [0, 0.05) is 27.8 Å². The highest BCUT2D eigenvalue weighted by Crippen LogP contribution is 2.17. The Morgan fingerprint density at radius 2 is 1.83 bits per heavy atom. The minimum absolute atomic E-state index is 0.0430. The summed E-state index contributed by atoms with van der Waals surface area (Å²) >= 11 is 2.25. The normalized spacial score (nSPS) is 10.2. The summed E-state index contributed by atoms with van der Waals surface area (Å²) in [7, 11) is 0. The average Bonchev–Trinajstić information content (AvgIpc) is 2.55. The predicted octanol–water partition coefficient (Wildman–Crippen LogP) is 3.75. The Morgan fingerprint density at radius 3 is 2.52 bits per heavy atom. The molecule has 0 bridgehead atoms. The first-order valence-corrected chi connectivity index (χ1v) is 8.53. The molecule has 5 heteroatoms. The van der Waals surface area contributed by atoms with Gasteiger partial charge in [-0.25, -0.2) is 0 Å². The molecule has 0 aliphatic rings. The summed E-state index contributed by atoms with van der Waals surface area (Å²) in [5, 5.41) is 5.69. The van der Waals surface area contributed by atoms with Crippen LogP contribution in [0, 0.1) is 10.5 Å². The molecule has 0 aromatic heterocycles. The number of hydrogen-bond acceptors (Lipinski definition) is 2. The minimum atomic E-state index is -0.112. The quantitative estimate of drug-likeness (QED) is 0.551. The van der Waals surface area contributed by atoms with Gasteiger partial charge in [-0.15, -0.1) is 0 Å². The van der Waals surface area contributed by atoms with Crippen LogP contribution in [0.1, 0.15) is 28.8 Å². The van der Waals surface area contributed by atoms with Gasteiger partial charge >= 0.3 is 0 Å². The van der Waals surface area contributed by atoms with E-state index in [0.717, 1.165) is 9.26 Å². The summed E-state index contributed by atoms with van der Waals surface area (Å²) < 4.78 is 1.12. The van der Waals surface area contributed by atoms with Crippen LogP contribution in [-0.4, -0.2) is 18.4 Å². The number of aryl methyl sites for hydroxylation is 1. The van der Waals surface area contributed by atoms with Crippen molar-refractivity contribution >= 4 is 40.1 Å². The Kier molecular flexibility index (Phi) is 6.58. The van der Waals surface area contributed by atoms with Crippen molar-refractivity contribution in [3.8, 4) is 0 Å². The lowest BCUT2D eigenvalue weighted by Gasteiger charge is -2.08. The molecule has 0 fully saturated rings. The summed E-state index contributed by atoms with van der Waals surface area (Å²) in [6.45, 7) is 2.51. The summed E-state index contributed by atoms with van der Waals surface area (Å²) in [4.78, 5) is 23.7. The lowest BCUT2D eigenvalue weighted by molar-refractivity contribution is -0.116. The van der Waals surface area contributed by atoms with Gasteiger partial charge in [-0.2, -0.15) is 0 Å². The lowest BCUT2D eigenvalue weighted by Crippen LogP contribution is -2.25. The maximum Gasteiger partial charge on any atom is 0.251 e. The summed E-state index contributed by atoms with van der Waals surface area (Å²) in [5.41, 5.74) is 2.62. The van der Waals surface area contributed by atoms with Crippen molar-refractivity contribution in [2.75, 3.05) is 11.9 Å². The third-order valence-electron chi connectivity index (χ3n) is 3.36. The smallest absolute Gasteiger partial charge is 0.251 e. The van der Waals surface area contributed by atoms with E-state index in [2.05, 4.69) is 33.2 Å². The van der Waals surface area contributed by atoms with Crippen LogP contribution >= 0.6 is 22.6 Å². The van der Waals surface area contributed by atoms with E-state index in [1.807, 2.05) is 43.3 Å². The topological polar surface area (TPSA) is 58.2 Å². The molecule has 0 heterocycles. The number of anilines is 1. The Balaban J connectivity index is 1.70. The molecule has 0 saturated carbocycles. The molecule has 0 spiro atoms. The van der Waals surface area contributed by atoms with E-state index in [1.165, 1.54) is 5.56 Å². The second-order valence-corrected chi connectivity index (χ2v) is 6.40. The highest BCUT2D eigenvalue weighted by Gasteiger charge is 2.06. The van der Waals surface area contributed by atoms with Crippen LogP contribution in [-0.2, 0) is 4.79 Å². The summed E-state index contributed by atoms with van der Waals surface area (Å²) in [6, 6.07) is 14.9. The third-order valence-corrected chi connectivity index (χ3v) is 4.52. The van der Waals surface area contributed by atoms with Gasteiger partial charge in [-0.1, -0.05) is 24.3 Å². The zero-order chi connectivity index (χ0) is 16.7. The summed E-state index contributed by atoms with van der Waals surface area (Å²) in [5.74, 6) is -0.155. The molecule has 0 unspecified atom stereocenters. The minimum Gasteiger partial charge on any atom is -0.352 e. The largest absolute Gasteiger partial charge is 0.352 e. The van der Waals surface area contributed by atoms with Gasteiger partial charge in [0.2, 0.25) is 5.91 Å². The van der Waals surface area contributed by atoms with Crippen LogP contribution in [0.15, 0.2) is 48.5 Å².